The van der Waals surface area contributed by atoms with Gasteiger partial charge in [0.1, 0.15) is 6.04 Å². The van der Waals surface area contributed by atoms with Crippen LogP contribution < -0.4 is 5.32 Å². The lowest BCUT2D eigenvalue weighted by Crippen LogP contribution is -2.37. The van der Waals surface area contributed by atoms with E-state index >= 15 is 0 Å². The molecule has 0 bridgehead atoms. The lowest BCUT2D eigenvalue weighted by Gasteiger charge is -2.16. The first-order valence-corrected chi connectivity index (χ1v) is 6.05. The van der Waals surface area contributed by atoms with Gasteiger partial charge in [0, 0.05) is 18.0 Å². The van der Waals surface area contributed by atoms with E-state index in [0.29, 0.717) is 0 Å². The van der Waals surface area contributed by atoms with E-state index in [9.17, 15) is 0 Å². The molecule has 3 nitrogen and oxygen atoms in total. The van der Waals surface area contributed by atoms with Crippen LogP contribution in [0.3, 0.4) is 0 Å². The van der Waals surface area contributed by atoms with Crippen LogP contribution in [0.2, 0.25) is 0 Å². The van der Waals surface area contributed by atoms with Gasteiger partial charge in [0.25, 0.3) is 0 Å². The molecule has 1 aromatic rings. The van der Waals surface area contributed by atoms with Gasteiger partial charge in [-0.15, -0.1) is 11.3 Å². The molecule has 0 aromatic carbocycles. The summed E-state index contributed by atoms with van der Waals surface area (Å²) in [5.41, 5.74) is 0. The van der Waals surface area contributed by atoms with Crippen LogP contribution in [0, 0.1) is 11.3 Å². The minimum Gasteiger partial charge on any atom is -0.375 e. The molecule has 0 radical (unpaired) electrons. The lowest BCUT2D eigenvalue weighted by molar-refractivity contribution is 0.0929. The van der Waals surface area contributed by atoms with Crippen molar-refractivity contribution in [2.24, 2.45) is 0 Å². The van der Waals surface area contributed by atoms with Gasteiger partial charge in [-0.1, -0.05) is 6.07 Å². The molecule has 2 atom stereocenters. The Kier molecular flexibility index (Phi) is 3.73. The zero-order chi connectivity index (χ0) is 10.5. The average molecular weight is 222 g/mol. The second kappa shape index (κ2) is 5.26. The second-order valence-electron chi connectivity index (χ2n) is 3.62. The fraction of sp³-hybridized carbons (Fsp3) is 0.545. The Morgan fingerprint density at radius 1 is 1.73 bits per heavy atom. The van der Waals surface area contributed by atoms with Crippen molar-refractivity contribution in [1.82, 2.24) is 5.32 Å². The minimum absolute atomic E-state index is 0.0787. The van der Waals surface area contributed by atoms with Gasteiger partial charge in [-0.25, -0.2) is 0 Å². The van der Waals surface area contributed by atoms with Gasteiger partial charge in [0.2, 0.25) is 0 Å². The van der Waals surface area contributed by atoms with Crippen LogP contribution >= 0.6 is 11.3 Å². The van der Waals surface area contributed by atoms with E-state index in [1.165, 1.54) is 4.88 Å². The third-order valence-electron chi connectivity index (χ3n) is 2.55. The molecule has 2 rings (SSSR count). The van der Waals surface area contributed by atoms with Crippen molar-refractivity contribution in [3.63, 3.8) is 0 Å². The number of nitrogens with one attached hydrogen (secondary N) is 1. The molecule has 80 valence electrons. The van der Waals surface area contributed by atoms with Crippen LogP contribution in [-0.2, 0) is 11.3 Å². The summed E-state index contributed by atoms with van der Waals surface area (Å²) >= 11 is 1.71. The standard InChI is InChI=1S/C11H14N2OS/c12-7-10(11-4-1-5-14-11)13-8-9-3-2-6-15-9/h2-3,6,10-11,13H,1,4-5,8H2. The van der Waals surface area contributed by atoms with E-state index in [1.54, 1.807) is 11.3 Å². The maximum Gasteiger partial charge on any atom is 0.122 e. The highest BCUT2D eigenvalue weighted by Gasteiger charge is 2.25. The lowest BCUT2D eigenvalue weighted by atomic mass is 10.1. The quantitative estimate of drug-likeness (QED) is 0.846. The van der Waals surface area contributed by atoms with Crippen molar-refractivity contribution in [3.05, 3.63) is 22.4 Å². The fourth-order valence-corrected chi connectivity index (χ4v) is 2.41. The van der Waals surface area contributed by atoms with Crippen LogP contribution in [0.1, 0.15) is 17.7 Å². The smallest absolute Gasteiger partial charge is 0.122 e. The van der Waals surface area contributed by atoms with Crippen LogP contribution in [-0.4, -0.2) is 18.8 Å². The molecule has 0 saturated carbocycles. The first kappa shape index (κ1) is 10.6. The Morgan fingerprint density at radius 2 is 2.67 bits per heavy atom. The van der Waals surface area contributed by atoms with Crippen molar-refractivity contribution < 1.29 is 4.74 Å². The van der Waals surface area contributed by atoms with Crippen molar-refractivity contribution in [3.8, 4) is 6.07 Å². The van der Waals surface area contributed by atoms with E-state index in [1.807, 2.05) is 11.4 Å². The van der Waals surface area contributed by atoms with E-state index in [4.69, 9.17) is 10.00 Å². The topological polar surface area (TPSA) is 45.0 Å². The molecular weight excluding hydrogens is 208 g/mol. The normalized spacial score (nSPS) is 22.5. The Labute approximate surface area is 93.7 Å². The zero-order valence-corrected chi connectivity index (χ0v) is 9.30. The second-order valence-corrected chi connectivity index (χ2v) is 4.65. The number of ether oxygens (including phenoxy) is 1. The summed E-state index contributed by atoms with van der Waals surface area (Å²) in [6.07, 6.45) is 2.15. The highest BCUT2D eigenvalue weighted by atomic mass is 32.1. The van der Waals surface area contributed by atoms with Crippen LogP contribution in [0.5, 0.6) is 0 Å². The monoisotopic (exact) mass is 222 g/mol. The van der Waals surface area contributed by atoms with Crippen molar-refractivity contribution >= 4 is 11.3 Å². The van der Waals surface area contributed by atoms with Crippen molar-refractivity contribution in [1.29, 1.82) is 5.26 Å². The SMILES string of the molecule is N#CC(NCc1cccs1)C1CCCO1. The summed E-state index contributed by atoms with van der Waals surface area (Å²) in [5, 5.41) is 14.3. The molecule has 2 unspecified atom stereocenters. The summed E-state index contributed by atoms with van der Waals surface area (Å²) in [5.74, 6) is 0. The van der Waals surface area contributed by atoms with Crippen molar-refractivity contribution in [2.75, 3.05) is 6.61 Å². The van der Waals surface area contributed by atoms with Gasteiger partial charge in [-0.05, 0) is 24.3 Å². The van der Waals surface area contributed by atoms with Crippen LogP contribution in [0.15, 0.2) is 17.5 Å². The van der Waals surface area contributed by atoms with Gasteiger partial charge >= 0.3 is 0 Å². The highest BCUT2D eigenvalue weighted by Crippen LogP contribution is 2.16. The predicted octanol–water partition coefficient (Wildman–Crippen LogP) is 1.91. The highest BCUT2D eigenvalue weighted by molar-refractivity contribution is 7.09. The summed E-state index contributed by atoms with van der Waals surface area (Å²) < 4.78 is 5.49. The molecule has 1 aromatic heterocycles. The maximum absolute atomic E-state index is 9.03. The first-order chi connectivity index (χ1) is 7.40. The molecule has 1 aliphatic heterocycles. The molecule has 1 saturated heterocycles. The Hall–Kier alpha value is -0.890. The molecule has 0 aliphatic carbocycles. The number of thiophene rings is 1. The molecule has 15 heavy (non-hydrogen) atoms. The molecule has 1 fully saturated rings. The maximum atomic E-state index is 9.03. The van der Waals surface area contributed by atoms with Gasteiger partial charge in [-0.2, -0.15) is 5.26 Å². The number of hydrogen-bond donors (Lipinski definition) is 1. The van der Waals surface area contributed by atoms with Gasteiger partial charge in [0.05, 0.1) is 12.2 Å². The summed E-state index contributed by atoms with van der Waals surface area (Å²) in [4.78, 5) is 1.26. The molecule has 0 amide bonds. The molecule has 4 heteroatoms. The van der Waals surface area contributed by atoms with E-state index in [0.717, 1.165) is 26.0 Å². The third-order valence-corrected chi connectivity index (χ3v) is 3.43. The number of hydrogen-bond acceptors (Lipinski definition) is 4. The summed E-state index contributed by atoms with van der Waals surface area (Å²) in [6.45, 7) is 1.55. The Bertz CT molecular complexity index is 325. The minimum atomic E-state index is -0.172. The van der Waals surface area contributed by atoms with E-state index < -0.39 is 0 Å². The number of nitriles is 1. The molecule has 2 heterocycles. The van der Waals surface area contributed by atoms with Gasteiger partial charge in [-0.3, -0.25) is 5.32 Å². The fourth-order valence-electron chi connectivity index (χ4n) is 1.75. The first-order valence-electron chi connectivity index (χ1n) is 5.17. The third kappa shape index (κ3) is 2.78. The van der Waals surface area contributed by atoms with E-state index in [2.05, 4.69) is 17.5 Å². The number of nitrogens with zero attached hydrogens (tertiary/aromatic N) is 1. The van der Waals surface area contributed by atoms with Crippen LogP contribution in [0.25, 0.3) is 0 Å². The predicted molar refractivity (Wildman–Crippen MR) is 59.5 cm³/mol. The van der Waals surface area contributed by atoms with E-state index in [-0.39, 0.29) is 12.1 Å². The van der Waals surface area contributed by atoms with Crippen LogP contribution in [0.4, 0.5) is 0 Å². The Balaban J connectivity index is 1.83. The summed E-state index contributed by atoms with van der Waals surface area (Å²) in [6, 6.07) is 6.20. The average Bonchev–Trinajstić information content (AvgIpc) is 2.90. The number of rotatable bonds is 4. The van der Waals surface area contributed by atoms with Crippen molar-refractivity contribution in [2.45, 2.75) is 31.5 Å². The zero-order valence-electron chi connectivity index (χ0n) is 8.48. The summed E-state index contributed by atoms with van der Waals surface area (Å²) in [7, 11) is 0. The Morgan fingerprint density at radius 3 is 3.27 bits per heavy atom. The van der Waals surface area contributed by atoms with Gasteiger partial charge < -0.3 is 4.74 Å². The molecule has 1 aliphatic rings. The molecule has 1 N–H and O–H groups in total. The van der Waals surface area contributed by atoms with Gasteiger partial charge in [0.15, 0.2) is 0 Å². The largest absolute Gasteiger partial charge is 0.375 e. The molecule has 0 spiro atoms. The molecular formula is C11H14N2OS.